The minimum atomic E-state index is 0.934. The fourth-order valence-electron chi connectivity index (χ4n) is 2.60. The second-order valence-electron chi connectivity index (χ2n) is 6.98. The molecule has 0 aliphatic carbocycles. The first-order chi connectivity index (χ1) is 15.0. The number of hydrogen-bond donors (Lipinski definition) is 0. The molecule has 0 atom stereocenters. The number of thiophene rings is 2. The van der Waals surface area contributed by atoms with E-state index in [0.717, 1.165) is 61.9 Å². The van der Waals surface area contributed by atoms with Gasteiger partial charge in [-0.25, -0.2) is 0 Å². The van der Waals surface area contributed by atoms with Gasteiger partial charge >= 0.3 is 0 Å². The summed E-state index contributed by atoms with van der Waals surface area (Å²) in [4.78, 5) is 4.17. The maximum atomic E-state index is 3.36. The van der Waals surface area contributed by atoms with E-state index in [4.69, 9.17) is 0 Å². The van der Waals surface area contributed by atoms with E-state index in [9.17, 15) is 0 Å². The van der Waals surface area contributed by atoms with E-state index in [2.05, 4.69) is 93.3 Å². The molecule has 0 aromatic carbocycles. The van der Waals surface area contributed by atoms with Crippen LogP contribution in [0.2, 0.25) is 0 Å². The third kappa shape index (κ3) is 8.79. The standard InChI is InChI=1S/C29H28S2/c1-6-9-12-23(4)13-16-27-21-22-29(31-27)18-15-25(10-7-2)24(5)14-17-28-20-19-26(30-28)11-8-3/h12,19-22H,6-7,9-10H2,1-5H3/b23-12-,25-24+. The van der Waals surface area contributed by atoms with Gasteiger partial charge in [-0.2, -0.15) is 0 Å². The van der Waals surface area contributed by atoms with Crippen molar-refractivity contribution in [2.75, 3.05) is 0 Å². The molecule has 2 heteroatoms. The minimum Gasteiger partial charge on any atom is -0.118 e. The lowest BCUT2D eigenvalue weighted by atomic mass is 10.1. The van der Waals surface area contributed by atoms with Crippen LogP contribution in [0.15, 0.2) is 47.1 Å². The number of allylic oxidation sites excluding steroid dienone is 4. The fourth-order valence-corrected chi connectivity index (χ4v) is 4.08. The molecule has 0 N–H and O–H groups in total. The lowest BCUT2D eigenvalue weighted by Gasteiger charge is -1.98. The third-order valence-corrected chi connectivity index (χ3v) is 6.08. The lowest BCUT2D eigenvalue weighted by molar-refractivity contribution is 0.925. The molecule has 0 nitrogen and oxygen atoms in total. The average molecular weight is 441 g/mol. The van der Waals surface area contributed by atoms with Crippen LogP contribution in [0.4, 0.5) is 0 Å². The SMILES string of the molecule is CC#Cc1ccc(C#C/C(C)=C(/C#Cc2ccc(C#C/C(C)=C\CCC)s2)CCC)s1. The van der Waals surface area contributed by atoms with Crippen molar-refractivity contribution in [2.45, 2.75) is 60.3 Å². The van der Waals surface area contributed by atoms with Crippen LogP contribution in [0, 0.1) is 47.4 Å². The quantitative estimate of drug-likeness (QED) is 0.425. The summed E-state index contributed by atoms with van der Waals surface area (Å²) in [7, 11) is 0. The molecule has 0 amide bonds. The van der Waals surface area contributed by atoms with Crippen LogP contribution in [0.5, 0.6) is 0 Å². The largest absolute Gasteiger partial charge is 0.118 e. The molecule has 31 heavy (non-hydrogen) atoms. The zero-order valence-corrected chi connectivity index (χ0v) is 20.7. The smallest absolute Gasteiger partial charge is 0.0785 e. The van der Waals surface area contributed by atoms with E-state index in [1.165, 1.54) is 0 Å². The van der Waals surface area contributed by atoms with Crippen LogP contribution in [0.1, 0.15) is 79.8 Å². The van der Waals surface area contributed by atoms with Crippen molar-refractivity contribution in [2.24, 2.45) is 0 Å². The Morgan fingerprint density at radius 2 is 1.32 bits per heavy atom. The summed E-state index contributed by atoms with van der Waals surface area (Å²) in [6.45, 7) is 10.3. The van der Waals surface area contributed by atoms with E-state index in [1.54, 1.807) is 22.7 Å². The highest BCUT2D eigenvalue weighted by molar-refractivity contribution is 7.13. The van der Waals surface area contributed by atoms with E-state index < -0.39 is 0 Å². The van der Waals surface area contributed by atoms with Gasteiger partial charge < -0.3 is 0 Å². The molecule has 0 bridgehead atoms. The van der Waals surface area contributed by atoms with Crippen molar-refractivity contribution >= 4 is 22.7 Å². The van der Waals surface area contributed by atoms with E-state index in [-0.39, 0.29) is 0 Å². The Kier molecular flexibility index (Phi) is 10.6. The molecule has 0 spiro atoms. The predicted octanol–water partition coefficient (Wildman–Crippen LogP) is 7.80. The molecule has 2 aromatic heterocycles. The van der Waals surface area contributed by atoms with Crippen molar-refractivity contribution in [3.63, 3.8) is 0 Å². The summed E-state index contributed by atoms with van der Waals surface area (Å²) >= 11 is 3.27. The first kappa shape index (κ1) is 24.4. The maximum Gasteiger partial charge on any atom is 0.0785 e. The van der Waals surface area contributed by atoms with Crippen molar-refractivity contribution in [3.05, 3.63) is 66.6 Å². The highest BCUT2D eigenvalue weighted by Gasteiger charge is 1.99. The van der Waals surface area contributed by atoms with Crippen molar-refractivity contribution in [1.29, 1.82) is 0 Å². The predicted molar refractivity (Wildman–Crippen MR) is 138 cm³/mol. The third-order valence-electron chi connectivity index (χ3n) is 4.24. The average Bonchev–Trinajstić information content (AvgIpc) is 3.41. The Morgan fingerprint density at radius 3 is 1.87 bits per heavy atom. The van der Waals surface area contributed by atoms with Crippen LogP contribution in [0.25, 0.3) is 0 Å². The fraction of sp³-hybridized carbons (Fsp3) is 0.310. The Balaban J connectivity index is 2.19. The summed E-state index contributed by atoms with van der Waals surface area (Å²) < 4.78 is 0. The maximum absolute atomic E-state index is 3.36. The molecule has 2 heterocycles. The van der Waals surface area contributed by atoms with Crippen LogP contribution in [-0.4, -0.2) is 0 Å². The van der Waals surface area contributed by atoms with E-state index in [0.29, 0.717) is 0 Å². The van der Waals surface area contributed by atoms with Gasteiger partial charge in [-0.05, 0) is 63.5 Å². The van der Waals surface area contributed by atoms with Gasteiger partial charge in [0.05, 0.1) is 19.5 Å². The summed E-state index contributed by atoms with van der Waals surface area (Å²) in [6.07, 6.45) is 6.40. The molecule has 156 valence electrons. The Labute approximate surface area is 196 Å². The summed E-state index contributed by atoms with van der Waals surface area (Å²) in [5.41, 5.74) is 3.28. The first-order valence-corrected chi connectivity index (χ1v) is 12.2. The Hall–Kier alpha value is -2.88. The molecule has 2 aromatic rings. The second kappa shape index (κ2) is 13.4. The number of hydrogen-bond acceptors (Lipinski definition) is 2. The molecule has 0 saturated carbocycles. The van der Waals surface area contributed by atoms with Gasteiger partial charge in [-0.1, -0.05) is 74.2 Å². The Morgan fingerprint density at radius 1 is 0.774 bits per heavy atom. The van der Waals surface area contributed by atoms with Crippen LogP contribution < -0.4 is 0 Å². The van der Waals surface area contributed by atoms with Crippen LogP contribution >= 0.6 is 22.7 Å². The van der Waals surface area contributed by atoms with Crippen LogP contribution in [0.3, 0.4) is 0 Å². The molecule has 0 radical (unpaired) electrons. The molecule has 2 rings (SSSR count). The van der Waals surface area contributed by atoms with Crippen molar-refractivity contribution in [3.8, 4) is 47.4 Å². The first-order valence-electron chi connectivity index (χ1n) is 10.6. The van der Waals surface area contributed by atoms with Gasteiger partial charge in [-0.3, -0.25) is 0 Å². The highest BCUT2D eigenvalue weighted by atomic mass is 32.1. The normalized spacial score (nSPS) is 10.9. The minimum absolute atomic E-state index is 0.934. The van der Waals surface area contributed by atoms with Gasteiger partial charge in [0.25, 0.3) is 0 Å². The summed E-state index contributed by atoms with van der Waals surface area (Å²) in [6, 6.07) is 8.16. The topological polar surface area (TPSA) is 0 Å². The van der Waals surface area contributed by atoms with Gasteiger partial charge in [-0.15, -0.1) is 28.6 Å². The summed E-state index contributed by atoms with van der Waals surface area (Å²) in [5, 5.41) is 0. The molecular formula is C29H28S2. The van der Waals surface area contributed by atoms with Gasteiger partial charge in [0.2, 0.25) is 0 Å². The molecule has 0 aliphatic heterocycles. The van der Waals surface area contributed by atoms with E-state index >= 15 is 0 Å². The van der Waals surface area contributed by atoms with Gasteiger partial charge in [0.1, 0.15) is 0 Å². The van der Waals surface area contributed by atoms with Gasteiger partial charge in [0, 0.05) is 11.1 Å². The van der Waals surface area contributed by atoms with Crippen molar-refractivity contribution in [1.82, 2.24) is 0 Å². The molecule has 0 saturated heterocycles. The Bertz CT molecular complexity index is 1200. The lowest BCUT2D eigenvalue weighted by Crippen LogP contribution is -1.84. The monoisotopic (exact) mass is 440 g/mol. The van der Waals surface area contributed by atoms with Crippen LogP contribution in [-0.2, 0) is 0 Å². The highest BCUT2D eigenvalue weighted by Crippen LogP contribution is 2.17. The zero-order chi connectivity index (χ0) is 22.5. The number of rotatable bonds is 4. The zero-order valence-electron chi connectivity index (χ0n) is 19.0. The summed E-state index contributed by atoms with van der Waals surface area (Å²) in [5.74, 6) is 25.7. The van der Waals surface area contributed by atoms with E-state index in [1.807, 2.05) is 19.1 Å². The second-order valence-corrected chi connectivity index (χ2v) is 9.15. The molecule has 0 aliphatic rings. The number of unbranched alkanes of at least 4 members (excludes halogenated alkanes) is 1. The molecule has 0 fully saturated rings. The molecule has 0 unspecified atom stereocenters. The molecular weight excluding hydrogens is 412 g/mol. The van der Waals surface area contributed by atoms with Gasteiger partial charge in [0.15, 0.2) is 0 Å². The van der Waals surface area contributed by atoms with Crippen molar-refractivity contribution < 1.29 is 0 Å².